The summed E-state index contributed by atoms with van der Waals surface area (Å²) in [5.74, 6) is 0.109. The zero-order valence-corrected chi connectivity index (χ0v) is 16.2. The first-order valence-electron chi connectivity index (χ1n) is 9.95. The van der Waals surface area contributed by atoms with E-state index in [4.69, 9.17) is 9.47 Å². The molecule has 0 aromatic heterocycles. The van der Waals surface area contributed by atoms with Crippen LogP contribution >= 0.6 is 0 Å². The third-order valence-corrected chi connectivity index (χ3v) is 7.02. The molecule has 3 aliphatic rings. The third-order valence-electron chi connectivity index (χ3n) is 7.02. The van der Waals surface area contributed by atoms with Crippen LogP contribution in [0, 0.1) is 5.41 Å². The van der Waals surface area contributed by atoms with Gasteiger partial charge in [0.25, 0.3) is 0 Å². The molecule has 0 spiro atoms. The molecular formula is C23H25NO4. The first-order valence-corrected chi connectivity index (χ1v) is 9.95. The van der Waals surface area contributed by atoms with E-state index >= 15 is 0 Å². The number of aliphatic hydroxyl groups excluding tert-OH is 1. The third kappa shape index (κ3) is 2.17. The van der Waals surface area contributed by atoms with Crippen LogP contribution in [0.5, 0.6) is 0 Å². The standard InChI is InChI=1S/C23H25NO4/c1-3-23(13-24(22(26)27-2)20-18(25)12-28-21(20)23)19-16-10-6-4-8-14(16)15-9-5-7-11-17(15)19/h4-11,18-21,25H,3,12-13H2,1-2H3/t18-,20+,21-,23-/m0/s1. The van der Waals surface area contributed by atoms with Gasteiger partial charge in [0.05, 0.1) is 25.9 Å². The number of likely N-dealkylation sites (tertiary alicyclic amines) is 1. The molecule has 0 radical (unpaired) electrons. The summed E-state index contributed by atoms with van der Waals surface area (Å²) in [5.41, 5.74) is 4.74. The van der Waals surface area contributed by atoms with Gasteiger partial charge in [-0.3, -0.25) is 4.90 Å². The van der Waals surface area contributed by atoms with E-state index in [-0.39, 0.29) is 30.1 Å². The maximum absolute atomic E-state index is 12.5. The number of carbonyl (C=O) groups excluding carboxylic acids is 1. The molecule has 2 aromatic rings. The largest absolute Gasteiger partial charge is 0.453 e. The SMILES string of the molecule is CC[C@@]1(C2c3ccccc3-c3ccccc32)CN(C(=O)OC)[C@@H]2[C@@H](O)CO[C@@H]21. The molecular weight excluding hydrogens is 354 g/mol. The number of hydrogen-bond donors (Lipinski definition) is 1. The molecule has 5 heteroatoms. The second-order valence-electron chi connectivity index (χ2n) is 8.10. The summed E-state index contributed by atoms with van der Waals surface area (Å²) in [6, 6.07) is 16.7. The summed E-state index contributed by atoms with van der Waals surface area (Å²) in [6.07, 6.45) is -0.475. The smallest absolute Gasteiger partial charge is 0.409 e. The Labute approximate surface area is 164 Å². The van der Waals surface area contributed by atoms with Gasteiger partial charge in [-0.05, 0) is 28.7 Å². The van der Waals surface area contributed by atoms with Crippen molar-refractivity contribution in [3.8, 4) is 11.1 Å². The van der Waals surface area contributed by atoms with Crippen molar-refractivity contribution in [1.29, 1.82) is 0 Å². The number of aliphatic hydroxyl groups is 1. The zero-order chi connectivity index (χ0) is 19.5. The summed E-state index contributed by atoms with van der Waals surface area (Å²) < 4.78 is 11.2. The number of hydrogen-bond acceptors (Lipinski definition) is 4. The lowest BCUT2D eigenvalue weighted by atomic mass is 9.66. The lowest BCUT2D eigenvalue weighted by Gasteiger charge is -2.39. The highest BCUT2D eigenvalue weighted by Gasteiger charge is 2.63. The van der Waals surface area contributed by atoms with Crippen LogP contribution in [0.25, 0.3) is 11.1 Å². The molecule has 2 aromatic carbocycles. The number of benzene rings is 2. The number of carbonyl (C=O) groups is 1. The molecule has 2 aliphatic heterocycles. The predicted octanol–water partition coefficient (Wildman–Crippen LogP) is 3.41. The molecule has 2 saturated heterocycles. The van der Waals surface area contributed by atoms with Gasteiger partial charge >= 0.3 is 6.09 Å². The summed E-state index contributed by atoms with van der Waals surface area (Å²) in [4.78, 5) is 14.2. The Bertz CT molecular complexity index is 883. The van der Waals surface area contributed by atoms with Gasteiger partial charge in [-0.2, -0.15) is 0 Å². The van der Waals surface area contributed by atoms with E-state index in [2.05, 4.69) is 55.5 Å². The molecule has 0 saturated carbocycles. The van der Waals surface area contributed by atoms with Crippen molar-refractivity contribution in [1.82, 2.24) is 4.90 Å². The van der Waals surface area contributed by atoms with Gasteiger partial charge in [-0.15, -0.1) is 0 Å². The Morgan fingerprint density at radius 1 is 1.18 bits per heavy atom. The highest BCUT2D eigenvalue weighted by molar-refractivity contribution is 5.79. The highest BCUT2D eigenvalue weighted by Crippen LogP contribution is 2.60. The van der Waals surface area contributed by atoms with Crippen molar-refractivity contribution in [2.75, 3.05) is 20.3 Å². The van der Waals surface area contributed by atoms with Crippen LogP contribution in [-0.4, -0.2) is 54.6 Å². The van der Waals surface area contributed by atoms with Crippen molar-refractivity contribution < 1.29 is 19.4 Å². The monoisotopic (exact) mass is 379 g/mol. The van der Waals surface area contributed by atoms with Gasteiger partial charge in [0.15, 0.2) is 0 Å². The van der Waals surface area contributed by atoms with Gasteiger partial charge < -0.3 is 14.6 Å². The maximum Gasteiger partial charge on any atom is 0.409 e. The van der Waals surface area contributed by atoms with Crippen molar-refractivity contribution in [3.05, 3.63) is 59.7 Å². The van der Waals surface area contributed by atoms with Crippen LogP contribution < -0.4 is 0 Å². The van der Waals surface area contributed by atoms with E-state index in [9.17, 15) is 9.90 Å². The second-order valence-corrected chi connectivity index (χ2v) is 8.10. The first-order chi connectivity index (χ1) is 13.6. The minimum Gasteiger partial charge on any atom is -0.453 e. The van der Waals surface area contributed by atoms with Gasteiger partial charge in [-0.25, -0.2) is 4.79 Å². The summed E-state index contributed by atoms with van der Waals surface area (Å²) in [5, 5.41) is 10.6. The van der Waals surface area contributed by atoms with E-state index in [1.165, 1.54) is 29.4 Å². The molecule has 1 N–H and O–H groups in total. The van der Waals surface area contributed by atoms with Crippen LogP contribution in [0.15, 0.2) is 48.5 Å². The Hall–Kier alpha value is -2.37. The molecule has 5 nitrogen and oxygen atoms in total. The Morgan fingerprint density at radius 2 is 1.79 bits per heavy atom. The first kappa shape index (κ1) is 17.7. The molecule has 1 aliphatic carbocycles. The van der Waals surface area contributed by atoms with Crippen LogP contribution in [0.3, 0.4) is 0 Å². The van der Waals surface area contributed by atoms with E-state index in [0.717, 1.165) is 6.42 Å². The summed E-state index contributed by atoms with van der Waals surface area (Å²) in [7, 11) is 1.39. The van der Waals surface area contributed by atoms with E-state index in [1.807, 2.05) is 0 Å². The normalized spacial score (nSPS) is 30.8. The van der Waals surface area contributed by atoms with E-state index < -0.39 is 12.2 Å². The van der Waals surface area contributed by atoms with E-state index in [0.29, 0.717) is 6.54 Å². The number of nitrogens with zero attached hydrogens (tertiary/aromatic N) is 1. The fourth-order valence-electron chi connectivity index (χ4n) is 5.84. The number of amides is 1. The Morgan fingerprint density at radius 3 is 2.36 bits per heavy atom. The van der Waals surface area contributed by atoms with Crippen LogP contribution in [0.4, 0.5) is 4.79 Å². The average molecular weight is 379 g/mol. The highest BCUT2D eigenvalue weighted by atomic mass is 16.5. The number of rotatable bonds is 2. The number of ether oxygens (including phenoxy) is 2. The van der Waals surface area contributed by atoms with Crippen molar-refractivity contribution in [2.24, 2.45) is 5.41 Å². The predicted molar refractivity (Wildman–Crippen MR) is 105 cm³/mol. The van der Waals surface area contributed by atoms with Crippen LogP contribution in [0.2, 0.25) is 0 Å². The molecule has 0 unspecified atom stereocenters. The van der Waals surface area contributed by atoms with Gasteiger partial charge in [0, 0.05) is 17.9 Å². The molecule has 0 bridgehead atoms. The maximum atomic E-state index is 12.5. The Kier molecular flexibility index (Phi) is 4.00. The molecule has 28 heavy (non-hydrogen) atoms. The van der Waals surface area contributed by atoms with Crippen LogP contribution in [-0.2, 0) is 9.47 Å². The van der Waals surface area contributed by atoms with Gasteiger partial charge in [0.1, 0.15) is 6.10 Å². The van der Waals surface area contributed by atoms with Crippen molar-refractivity contribution >= 4 is 6.09 Å². The molecule has 1 amide bonds. The van der Waals surface area contributed by atoms with Gasteiger partial charge in [0.2, 0.25) is 0 Å². The quantitative estimate of drug-likeness (QED) is 0.869. The fraction of sp³-hybridized carbons (Fsp3) is 0.435. The van der Waals surface area contributed by atoms with Crippen molar-refractivity contribution in [2.45, 2.75) is 37.5 Å². The molecule has 2 heterocycles. The lowest BCUT2D eigenvalue weighted by Crippen LogP contribution is -2.44. The summed E-state index contributed by atoms with van der Waals surface area (Å²) in [6.45, 7) is 2.92. The zero-order valence-electron chi connectivity index (χ0n) is 16.2. The topological polar surface area (TPSA) is 59.0 Å². The van der Waals surface area contributed by atoms with Gasteiger partial charge in [-0.1, -0.05) is 55.5 Å². The molecule has 5 rings (SSSR count). The lowest BCUT2D eigenvalue weighted by molar-refractivity contribution is 0.00345. The minimum absolute atomic E-state index is 0.109. The molecule has 2 fully saturated rings. The van der Waals surface area contributed by atoms with E-state index in [1.54, 1.807) is 4.90 Å². The summed E-state index contributed by atoms with van der Waals surface area (Å²) >= 11 is 0. The average Bonchev–Trinajstić information content (AvgIpc) is 3.38. The Balaban J connectivity index is 1.70. The second kappa shape index (κ2) is 6.33. The number of fused-ring (bicyclic) bond motifs is 4. The van der Waals surface area contributed by atoms with Crippen molar-refractivity contribution in [3.63, 3.8) is 0 Å². The number of methoxy groups -OCH3 is 1. The molecule has 4 atom stereocenters. The van der Waals surface area contributed by atoms with Crippen LogP contribution in [0.1, 0.15) is 30.4 Å². The fourth-order valence-corrected chi connectivity index (χ4v) is 5.84. The minimum atomic E-state index is -0.690. The molecule has 146 valence electrons.